The van der Waals surface area contributed by atoms with E-state index in [9.17, 15) is 23.1 Å². The highest BCUT2D eigenvalue weighted by Crippen LogP contribution is 2.31. The number of benzene rings is 2. The maximum atomic E-state index is 11.5. The molecule has 1 unspecified atom stereocenters. The van der Waals surface area contributed by atoms with Gasteiger partial charge in [-0.1, -0.05) is 42.0 Å². The van der Waals surface area contributed by atoms with Crippen LogP contribution in [-0.2, 0) is 10.1 Å². The standard InChI is InChI=1S/C14H13NO5S/c1-10-7-8-13(21(18,19)20)12(9-10)14(15(16)17)11-5-3-2-4-6-11/h2-9,14H,1H3,(H,18,19,20). The van der Waals surface area contributed by atoms with E-state index < -0.39 is 26.0 Å². The van der Waals surface area contributed by atoms with Gasteiger partial charge in [-0.3, -0.25) is 14.7 Å². The smallest absolute Gasteiger partial charge is 0.282 e. The molecule has 0 amide bonds. The van der Waals surface area contributed by atoms with Crippen molar-refractivity contribution in [1.82, 2.24) is 0 Å². The molecule has 0 saturated heterocycles. The van der Waals surface area contributed by atoms with Gasteiger partial charge in [-0.2, -0.15) is 8.42 Å². The Morgan fingerprint density at radius 2 is 1.76 bits per heavy atom. The summed E-state index contributed by atoms with van der Waals surface area (Å²) in [6, 6.07) is 10.8. The van der Waals surface area contributed by atoms with E-state index in [-0.39, 0.29) is 5.56 Å². The average Bonchev–Trinajstić information content (AvgIpc) is 2.38. The van der Waals surface area contributed by atoms with Crippen LogP contribution in [0.2, 0.25) is 0 Å². The molecule has 0 radical (unpaired) electrons. The molecule has 0 saturated carbocycles. The lowest BCUT2D eigenvalue weighted by Gasteiger charge is -2.13. The van der Waals surface area contributed by atoms with E-state index in [4.69, 9.17) is 0 Å². The Morgan fingerprint density at radius 3 is 2.29 bits per heavy atom. The Morgan fingerprint density at radius 1 is 1.14 bits per heavy atom. The molecule has 21 heavy (non-hydrogen) atoms. The van der Waals surface area contributed by atoms with E-state index in [1.54, 1.807) is 37.3 Å². The van der Waals surface area contributed by atoms with Crippen molar-refractivity contribution in [1.29, 1.82) is 0 Å². The molecule has 0 aromatic heterocycles. The summed E-state index contributed by atoms with van der Waals surface area (Å²) in [4.78, 5) is 10.4. The van der Waals surface area contributed by atoms with Crippen LogP contribution in [-0.4, -0.2) is 17.9 Å². The zero-order chi connectivity index (χ0) is 15.6. The lowest BCUT2D eigenvalue weighted by atomic mass is 9.98. The van der Waals surface area contributed by atoms with E-state index >= 15 is 0 Å². The van der Waals surface area contributed by atoms with Crippen molar-refractivity contribution < 1.29 is 17.9 Å². The Kier molecular flexibility index (Phi) is 4.06. The minimum Gasteiger partial charge on any atom is -0.282 e. The van der Waals surface area contributed by atoms with Gasteiger partial charge in [-0.15, -0.1) is 0 Å². The molecule has 0 heterocycles. The first kappa shape index (κ1) is 15.1. The van der Waals surface area contributed by atoms with Crippen molar-refractivity contribution in [3.05, 3.63) is 75.3 Å². The zero-order valence-corrected chi connectivity index (χ0v) is 11.9. The summed E-state index contributed by atoms with van der Waals surface area (Å²) in [5.41, 5.74) is 0.965. The van der Waals surface area contributed by atoms with Crippen molar-refractivity contribution in [2.45, 2.75) is 17.9 Å². The maximum absolute atomic E-state index is 11.5. The van der Waals surface area contributed by atoms with Gasteiger partial charge in [0.1, 0.15) is 4.90 Å². The van der Waals surface area contributed by atoms with Crippen LogP contribution in [0.4, 0.5) is 0 Å². The van der Waals surface area contributed by atoms with Gasteiger partial charge in [0.05, 0.1) is 5.56 Å². The van der Waals surface area contributed by atoms with E-state index in [0.717, 1.165) is 0 Å². The van der Waals surface area contributed by atoms with Crippen molar-refractivity contribution in [2.75, 3.05) is 0 Å². The third-order valence-electron chi connectivity index (χ3n) is 3.06. The molecule has 0 aliphatic rings. The predicted molar refractivity (Wildman–Crippen MR) is 76.3 cm³/mol. The maximum Gasteiger partial charge on any atom is 0.295 e. The second-order valence-electron chi connectivity index (χ2n) is 4.61. The van der Waals surface area contributed by atoms with Crippen molar-refractivity contribution in [2.24, 2.45) is 0 Å². The molecule has 6 nitrogen and oxygen atoms in total. The molecule has 1 atom stereocenters. The van der Waals surface area contributed by atoms with Crippen LogP contribution >= 0.6 is 0 Å². The largest absolute Gasteiger partial charge is 0.295 e. The molecular weight excluding hydrogens is 294 g/mol. The lowest BCUT2D eigenvalue weighted by molar-refractivity contribution is -0.517. The van der Waals surface area contributed by atoms with E-state index in [1.165, 1.54) is 18.2 Å². The molecule has 0 spiro atoms. The fraction of sp³-hybridized carbons (Fsp3) is 0.143. The van der Waals surface area contributed by atoms with Crippen LogP contribution in [0.5, 0.6) is 0 Å². The van der Waals surface area contributed by atoms with Crippen LogP contribution in [0, 0.1) is 17.0 Å². The quantitative estimate of drug-likeness (QED) is 0.532. The summed E-state index contributed by atoms with van der Waals surface area (Å²) in [6.07, 6.45) is 0. The summed E-state index contributed by atoms with van der Waals surface area (Å²) in [5, 5.41) is 11.4. The molecular formula is C14H13NO5S. The summed E-state index contributed by atoms with van der Waals surface area (Å²) < 4.78 is 32.2. The minimum atomic E-state index is -4.54. The van der Waals surface area contributed by atoms with E-state index in [0.29, 0.717) is 11.1 Å². The Hall–Kier alpha value is -2.25. The van der Waals surface area contributed by atoms with Crippen LogP contribution in [0.25, 0.3) is 0 Å². The first-order valence-corrected chi connectivity index (χ1v) is 7.51. The number of nitro groups is 1. The van der Waals surface area contributed by atoms with Crippen molar-refractivity contribution in [3.8, 4) is 0 Å². The van der Waals surface area contributed by atoms with Gasteiger partial charge in [-0.25, -0.2) is 0 Å². The van der Waals surface area contributed by atoms with Gasteiger partial charge < -0.3 is 0 Å². The average molecular weight is 307 g/mol. The van der Waals surface area contributed by atoms with Crippen LogP contribution in [0.1, 0.15) is 22.7 Å². The molecule has 1 N–H and O–H groups in total. The third kappa shape index (κ3) is 3.26. The first-order valence-electron chi connectivity index (χ1n) is 6.07. The summed E-state index contributed by atoms with van der Waals surface area (Å²) in [6.45, 7) is 1.69. The molecule has 0 aliphatic carbocycles. The normalized spacial score (nSPS) is 12.9. The van der Waals surface area contributed by atoms with Gasteiger partial charge in [0.2, 0.25) is 0 Å². The SMILES string of the molecule is Cc1ccc(S(=O)(=O)O)c(C(c2ccccc2)[N+](=O)[O-])c1. The highest BCUT2D eigenvalue weighted by atomic mass is 32.2. The van der Waals surface area contributed by atoms with Gasteiger partial charge in [0.15, 0.2) is 0 Å². The van der Waals surface area contributed by atoms with Gasteiger partial charge >= 0.3 is 0 Å². The molecule has 0 fully saturated rings. The summed E-state index contributed by atoms with van der Waals surface area (Å²) >= 11 is 0. The van der Waals surface area contributed by atoms with E-state index in [1.807, 2.05) is 0 Å². The van der Waals surface area contributed by atoms with Crippen LogP contribution < -0.4 is 0 Å². The van der Waals surface area contributed by atoms with Crippen molar-refractivity contribution >= 4 is 10.1 Å². The van der Waals surface area contributed by atoms with Crippen LogP contribution in [0.3, 0.4) is 0 Å². The highest BCUT2D eigenvalue weighted by molar-refractivity contribution is 7.85. The Bertz CT molecular complexity index is 771. The second-order valence-corrected chi connectivity index (χ2v) is 6.00. The number of aryl methyl sites for hydroxylation is 1. The topological polar surface area (TPSA) is 97.5 Å². The molecule has 2 aromatic rings. The highest BCUT2D eigenvalue weighted by Gasteiger charge is 2.31. The van der Waals surface area contributed by atoms with Crippen molar-refractivity contribution in [3.63, 3.8) is 0 Å². The van der Waals surface area contributed by atoms with Gasteiger partial charge in [0, 0.05) is 10.5 Å². The molecule has 2 rings (SSSR count). The predicted octanol–water partition coefficient (Wildman–Crippen LogP) is 2.61. The second kappa shape index (κ2) is 5.63. The number of hydrogen-bond donors (Lipinski definition) is 1. The van der Waals surface area contributed by atoms with E-state index in [2.05, 4.69) is 0 Å². The molecule has 2 aromatic carbocycles. The molecule has 0 bridgehead atoms. The fourth-order valence-corrected chi connectivity index (χ4v) is 2.88. The van der Waals surface area contributed by atoms with Crippen LogP contribution in [0.15, 0.2) is 53.4 Å². The molecule has 0 aliphatic heterocycles. The molecule has 110 valence electrons. The Balaban J connectivity index is 2.72. The number of nitrogens with zero attached hydrogens (tertiary/aromatic N) is 1. The monoisotopic (exact) mass is 307 g/mol. The third-order valence-corrected chi connectivity index (χ3v) is 3.99. The lowest BCUT2D eigenvalue weighted by Crippen LogP contribution is -2.16. The van der Waals surface area contributed by atoms with Gasteiger partial charge in [-0.05, 0) is 19.1 Å². The summed E-state index contributed by atoms with van der Waals surface area (Å²) in [7, 11) is -4.54. The minimum absolute atomic E-state index is 0.0475. The first-order chi connectivity index (χ1) is 9.80. The summed E-state index contributed by atoms with van der Waals surface area (Å²) in [5.74, 6) is 0. The van der Waals surface area contributed by atoms with Gasteiger partial charge in [0.25, 0.3) is 16.2 Å². The number of hydrogen-bond acceptors (Lipinski definition) is 4. The molecule has 7 heteroatoms. The Labute approximate surface area is 121 Å². The number of rotatable bonds is 4. The zero-order valence-electron chi connectivity index (χ0n) is 11.1. The fourth-order valence-electron chi connectivity index (χ4n) is 2.17.